The fourth-order valence-electron chi connectivity index (χ4n) is 6.52. The summed E-state index contributed by atoms with van der Waals surface area (Å²) in [6.07, 6.45) is 49.9. The Hall–Kier alpha value is -0.950. The third-order valence-electron chi connectivity index (χ3n) is 9.50. The molecule has 0 aliphatic heterocycles. The van der Waals surface area contributed by atoms with Gasteiger partial charge in [0.05, 0.1) is 0 Å². The Morgan fingerprint density at radius 2 is 0.708 bits per heavy atom. The van der Waals surface area contributed by atoms with E-state index in [1.54, 1.807) is 0 Å². The summed E-state index contributed by atoms with van der Waals surface area (Å²) >= 11 is 0. The van der Waals surface area contributed by atoms with Gasteiger partial charge in [-0.1, -0.05) is 175 Å². The van der Waals surface area contributed by atoms with Gasteiger partial charge in [-0.15, -0.1) is 0 Å². The van der Waals surface area contributed by atoms with Gasteiger partial charge in [-0.2, -0.15) is 8.42 Å². The third kappa shape index (κ3) is 33.5. The lowest BCUT2D eigenvalue weighted by Crippen LogP contribution is -2.41. The molecule has 284 valence electrons. The first-order valence-corrected chi connectivity index (χ1v) is 22.4. The summed E-state index contributed by atoms with van der Waals surface area (Å²) in [6, 6.07) is 0. The van der Waals surface area contributed by atoms with Crippen LogP contribution in [0.2, 0.25) is 0 Å². The highest BCUT2D eigenvalue weighted by Crippen LogP contribution is 2.19. The first-order valence-electron chi connectivity index (χ1n) is 20.8. The smallest absolute Gasteiger partial charge is 0.267 e. The minimum atomic E-state index is -4.27. The van der Waals surface area contributed by atoms with Crippen LogP contribution in [0.4, 0.5) is 0 Å². The number of unbranched alkanes of at least 4 members (excludes halogenated alkanes) is 27. The number of hydrogen-bond acceptors (Lipinski definition) is 3. The van der Waals surface area contributed by atoms with Gasteiger partial charge >= 0.3 is 0 Å². The van der Waals surface area contributed by atoms with Crippen molar-refractivity contribution in [2.45, 2.75) is 219 Å². The van der Waals surface area contributed by atoms with Gasteiger partial charge in [-0.3, -0.25) is 4.55 Å². The molecular weight excluding hydrogens is 615 g/mol. The monoisotopic (exact) mass is 697 g/mol. The maximum absolute atomic E-state index is 11.6. The van der Waals surface area contributed by atoms with Gasteiger partial charge in [0.2, 0.25) is 0 Å². The molecule has 0 heterocycles. The standard InChI is InChI=1S/C42H81NO4S/c1-4-7-10-13-16-19-22-25-28-31-34-37-43(40-42(44)41-48(45,46)47,38-35-32-29-26-23-20-17-14-11-8-5-2)39-36-33-30-27-24-21-18-15-12-9-6-3/h34-39,42,44H,4-33,40-41H2,1-3H3/p+1/b37-34+,38-35+,39-36+. The highest BCUT2D eigenvalue weighted by molar-refractivity contribution is 7.85. The zero-order valence-electron chi connectivity index (χ0n) is 32.2. The summed E-state index contributed by atoms with van der Waals surface area (Å²) in [5.74, 6) is -0.642. The van der Waals surface area contributed by atoms with Crippen molar-refractivity contribution in [1.29, 1.82) is 0 Å². The molecule has 0 saturated carbocycles. The second-order valence-corrected chi connectivity index (χ2v) is 16.1. The largest absolute Gasteiger partial charge is 0.386 e. The molecule has 0 spiro atoms. The van der Waals surface area contributed by atoms with E-state index >= 15 is 0 Å². The summed E-state index contributed by atoms with van der Waals surface area (Å²) in [6.45, 7) is 6.98. The number of allylic oxidation sites excluding steroid dienone is 3. The van der Waals surface area contributed by atoms with E-state index in [2.05, 4.69) is 57.6 Å². The predicted octanol–water partition coefficient (Wildman–Crippen LogP) is 13.4. The zero-order valence-corrected chi connectivity index (χ0v) is 33.1. The van der Waals surface area contributed by atoms with Crippen LogP contribution in [0.1, 0.15) is 213 Å². The van der Waals surface area contributed by atoms with E-state index in [1.165, 1.54) is 154 Å². The van der Waals surface area contributed by atoms with Gasteiger partial charge in [-0.25, -0.2) is 4.48 Å². The van der Waals surface area contributed by atoms with Crippen molar-refractivity contribution >= 4 is 10.1 Å². The van der Waals surface area contributed by atoms with Gasteiger partial charge in [0.15, 0.2) is 0 Å². The number of hydrogen-bond donors (Lipinski definition) is 2. The Balaban J connectivity index is 5.25. The molecule has 0 aromatic rings. The van der Waals surface area contributed by atoms with E-state index in [9.17, 15) is 18.1 Å². The number of quaternary nitrogens is 1. The third-order valence-corrected chi connectivity index (χ3v) is 10.3. The van der Waals surface area contributed by atoms with Crippen LogP contribution in [0, 0.1) is 0 Å². The summed E-state index contributed by atoms with van der Waals surface area (Å²) in [7, 11) is -4.27. The number of aliphatic hydroxyl groups is 1. The molecule has 0 aromatic carbocycles. The molecule has 0 radical (unpaired) electrons. The van der Waals surface area contributed by atoms with Gasteiger partial charge < -0.3 is 5.11 Å². The first-order chi connectivity index (χ1) is 23.3. The summed E-state index contributed by atoms with van der Waals surface area (Å²) in [5, 5.41) is 10.8. The van der Waals surface area contributed by atoms with E-state index in [0.717, 1.165) is 38.5 Å². The first kappa shape index (κ1) is 47.0. The molecule has 6 heteroatoms. The van der Waals surface area contributed by atoms with Crippen molar-refractivity contribution < 1.29 is 22.6 Å². The van der Waals surface area contributed by atoms with E-state index in [-0.39, 0.29) is 11.0 Å². The van der Waals surface area contributed by atoms with E-state index in [4.69, 9.17) is 0 Å². The molecule has 0 amide bonds. The lowest BCUT2D eigenvalue weighted by Gasteiger charge is -2.29. The Kier molecular flexibility index (Phi) is 33.8. The van der Waals surface area contributed by atoms with Crippen LogP contribution >= 0.6 is 0 Å². The normalized spacial score (nSPS) is 13.5. The maximum atomic E-state index is 11.6. The predicted molar refractivity (Wildman–Crippen MR) is 211 cm³/mol. The highest BCUT2D eigenvalue weighted by atomic mass is 32.2. The van der Waals surface area contributed by atoms with Crippen LogP contribution in [0.5, 0.6) is 0 Å². The van der Waals surface area contributed by atoms with Crippen LogP contribution in [-0.4, -0.2) is 41.0 Å². The maximum Gasteiger partial charge on any atom is 0.267 e. The van der Waals surface area contributed by atoms with Crippen molar-refractivity contribution in [3.8, 4) is 0 Å². The fraction of sp³-hybridized carbons (Fsp3) is 0.857. The minimum Gasteiger partial charge on any atom is -0.386 e. The van der Waals surface area contributed by atoms with Crippen LogP contribution in [0.3, 0.4) is 0 Å². The lowest BCUT2D eigenvalue weighted by molar-refractivity contribution is -0.777. The molecule has 2 N–H and O–H groups in total. The van der Waals surface area contributed by atoms with Crippen molar-refractivity contribution in [3.63, 3.8) is 0 Å². The van der Waals surface area contributed by atoms with Crippen molar-refractivity contribution in [2.75, 3.05) is 12.3 Å². The fourth-order valence-corrected chi connectivity index (χ4v) is 7.12. The number of aliphatic hydroxyl groups excluding tert-OH is 1. The summed E-state index contributed by atoms with van der Waals surface area (Å²) in [5.41, 5.74) is 0. The van der Waals surface area contributed by atoms with Crippen LogP contribution in [0.15, 0.2) is 36.8 Å². The Morgan fingerprint density at radius 1 is 0.458 bits per heavy atom. The van der Waals surface area contributed by atoms with Crippen molar-refractivity contribution in [2.24, 2.45) is 0 Å². The quantitative estimate of drug-likeness (QED) is 0.0385. The van der Waals surface area contributed by atoms with Crippen LogP contribution in [0.25, 0.3) is 0 Å². The van der Waals surface area contributed by atoms with Crippen LogP contribution in [-0.2, 0) is 10.1 Å². The second kappa shape index (κ2) is 34.5. The van der Waals surface area contributed by atoms with Gasteiger partial charge in [0.25, 0.3) is 10.1 Å². The highest BCUT2D eigenvalue weighted by Gasteiger charge is 2.27. The van der Waals surface area contributed by atoms with Crippen LogP contribution < -0.4 is 0 Å². The van der Waals surface area contributed by atoms with E-state index < -0.39 is 22.0 Å². The van der Waals surface area contributed by atoms with E-state index in [0.29, 0.717) is 0 Å². The molecule has 0 saturated heterocycles. The molecule has 0 aliphatic carbocycles. The molecule has 48 heavy (non-hydrogen) atoms. The molecule has 0 fully saturated rings. The van der Waals surface area contributed by atoms with Crippen molar-refractivity contribution in [1.82, 2.24) is 0 Å². The molecule has 0 aromatic heterocycles. The molecule has 0 aliphatic rings. The van der Waals surface area contributed by atoms with Gasteiger partial charge in [-0.05, 0) is 56.8 Å². The minimum absolute atomic E-state index is 0.191. The van der Waals surface area contributed by atoms with Gasteiger partial charge in [0, 0.05) is 0 Å². The molecule has 1 atom stereocenters. The SMILES string of the molecule is CCCCCCCCCCC/C=C/[N+](/C=C/CCCCCCCCCCC)(/C=C/CCCCCCCCCCC)CC(O)CS(=O)(=O)O. The summed E-state index contributed by atoms with van der Waals surface area (Å²) in [4.78, 5) is 0. The molecule has 5 nitrogen and oxygen atoms in total. The zero-order chi connectivity index (χ0) is 35.4. The second-order valence-electron chi connectivity index (χ2n) is 14.6. The van der Waals surface area contributed by atoms with Crippen molar-refractivity contribution in [3.05, 3.63) is 36.8 Å². The van der Waals surface area contributed by atoms with Gasteiger partial charge in [0.1, 0.15) is 37.0 Å². The molecule has 0 bridgehead atoms. The Labute approximate surface area is 300 Å². The number of rotatable bonds is 37. The topological polar surface area (TPSA) is 74.6 Å². The molecule has 1 unspecified atom stereocenters. The molecular formula is C42H82NO4S+. The molecule has 0 rings (SSSR count). The Morgan fingerprint density at radius 3 is 0.958 bits per heavy atom. The Bertz CT molecular complexity index is 788. The summed E-state index contributed by atoms with van der Waals surface area (Å²) < 4.78 is 33.0. The average molecular weight is 697 g/mol. The average Bonchev–Trinajstić information content (AvgIpc) is 3.04. The lowest BCUT2D eigenvalue weighted by atomic mass is 10.1. The van der Waals surface area contributed by atoms with E-state index in [1.807, 2.05) is 0 Å². The number of nitrogens with zero attached hydrogens (tertiary/aromatic N) is 1.